The molecule has 2 nitrogen and oxygen atoms in total. The van der Waals surface area contributed by atoms with Crippen LogP contribution >= 0.6 is 0 Å². The minimum Gasteiger partial charge on any atom is -0.490 e. The van der Waals surface area contributed by atoms with E-state index in [-0.39, 0.29) is 33.3 Å². The molecule has 220 valence electrons. The van der Waals surface area contributed by atoms with Gasteiger partial charge in [-0.3, -0.25) is 0 Å². The molecule has 0 radical (unpaired) electrons. The van der Waals surface area contributed by atoms with E-state index in [1.807, 2.05) is 0 Å². The lowest BCUT2D eigenvalue weighted by Crippen LogP contribution is -2.27. The first-order valence-electron chi connectivity index (χ1n) is 15.7. The molecule has 1 aromatic heterocycles. The fraction of sp³-hybridized carbons (Fsp3) is 0.647. The van der Waals surface area contributed by atoms with Crippen LogP contribution in [0.25, 0.3) is 21.9 Å². The van der Waals surface area contributed by atoms with Crippen LogP contribution in [-0.4, -0.2) is 6.61 Å². The monoisotopic (exact) mass is 560 g/mol. The largest absolute Gasteiger partial charge is 0.490 e. The summed E-state index contributed by atoms with van der Waals surface area (Å²) in [6.07, 6.45) is 16.5. The molecule has 2 fully saturated rings. The van der Waals surface area contributed by atoms with Crippen molar-refractivity contribution in [1.82, 2.24) is 0 Å². The van der Waals surface area contributed by atoms with Crippen molar-refractivity contribution in [2.45, 2.75) is 110 Å². The van der Waals surface area contributed by atoms with Gasteiger partial charge in [-0.05, 0) is 86.7 Å². The van der Waals surface area contributed by atoms with Crippen LogP contribution in [0.2, 0.25) is 0 Å². The van der Waals surface area contributed by atoms with Gasteiger partial charge in [-0.25, -0.2) is 13.2 Å². The zero-order valence-electron chi connectivity index (χ0n) is 24.1. The normalized spacial score (nSPS) is 23.8. The number of ether oxygens (including phenoxy) is 1. The molecule has 0 spiro atoms. The molecule has 2 aliphatic carbocycles. The number of benzene rings is 2. The SMILES string of the molecule is CCCCCCc1cc2oc3cc(OCC4CCC(C5CCC(CCC)CC5)CC4)c(F)c(F)c3c2c(F)c1F. The molecule has 0 aliphatic heterocycles. The second-order valence-corrected chi connectivity index (χ2v) is 12.5. The number of fused-ring (bicyclic) bond motifs is 3. The fourth-order valence-electron chi connectivity index (χ4n) is 7.40. The van der Waals surface area contributed by atoms with Gasteiger partial charge in [0.2, 0.25) is 5.82 Å². The molecule has 3 aromatic rings. The van der Waals surface area contributed by atoms with E-state index in [1.165, 1.54) is 63.5 Å². The molecule has 0 N–H and O–H groups in total. The van der Waals surface area contributed by atoms with Crippen LogP contribution < -0.4 is 4.74 Å². The number of rotatable bonds is 11. The van der Waals surface area contributed by atoms with Gasteiger partial charge in [0.25, 0.3) is 0 Å². The van der Waals surface area contributed by atoms with E-state index in [0.717, 1.165) is 56.3 Å². The van der Waals surface area contributed by atoms with E-state index in [2.05, 4.69) is 13.8 Å². The van der Waals surface area contributed by atoms with Crippen LogP contribution in [0.1, 0.15) is 109 Å². The quantitative estimate of drug-likeness (QED) is 0.172. The van der Waals surface area contributed by atoms with Gasteiger partial charge in [-0.15, -0.1) is 0 Å². The van der Waals surface area contributed by atoms with Crippen molar-refractivity contribution in [2.24, 2.45) is 23.7 Å². The van der Waals surface area contributed by atoms with Crippen LogP contribution in [0, 0.1) is 46.9 Å². The van der Waals surface area contributed by atoms with Crippen LogP contribution in [0.4, 0.5) is 17.6 Å². The number of aryl methyl sites for hydroxylation is 1. The van der Waals surface area contributed by atoms with Crippen LogP contribution in [0.3, 0.4) is 0 Å². The predicted octanol–water partition coefficient (Wildman–Crippen LogP) is 11.1. The lowest BCUT2D eigenvalue weighted by molar-refractivity contribution is 0.120. The van der Waals surface area contributed by atoms with Gasteiger partial charge in [0, 0.05) is 6.07 Å². The Kier molecular flexibility index (Phi) is 9.63. The minimum atomic E-state index is -1.26. The Labute approximate surface area is 235 Å². The molecule has 40 heavy (non-hydrogen) atoms. The Hall–Kier alpha value is -2.24. The van der Waals surface area contributed by atoms with Gasteiger partial charge in [0.15, 0.2) is 23.2 Å². The van der Waals surface area contributed by atoms with E-state index in [4.69, 9.17) is 9.15 Å². The Balaban J connectivity index is 1.24. The van der Waals surface area contributed by atoms with Gasteiger partial charge in [-0.2, -0.15) is 4.39 Å². The maximum Gasteiger partial charge on any atom is 0.201 e. The second kappa shape index (κ2) is 13.2. The van der Waals surface area contributed by atoms with Crippen LogP contribution in [0.15, 0.2) is 16.5 Å². The first-order chi connectivity index (χ1) is 19.4. The van der Waals surface area contributed by atoms with Gasteiger partial charge in [-0.1, -0.05) is 58.8 Å². The molecule has 2 aromatic carbocycles. The highest BCUT2D eigenvalue weighted by Crippen LogP contribution is 2.43. The predicted molar refractivity (Wildman–Crippen MR) is 153 cm³/mol. The molecule has 0 saturated heterocycles. The Morgan fingerprint density at radius 1 is 0.675 bits per heavy atom. The van der Waals surface area contributed by atoms with Gasteiger partial charge in [0.1, 0.15) is 11.2 Å². The van der Waals surface area contributed by atoms with Crippen molar-refractivity contribution in [3.05, 3.63) is 41.0 Å². The molecule has 1 heterocycles. The van der Waals surface area contributed by atoms with Gasteiger partial charge in [0.05, 0.1) is 17.4 Å². The van der Waals surface area contributed by atoms with Crippen molar-refractivity contribution in [3.8, 4) is 5.75 Å². The summed E-state index contributed by atoms with van der Waals surface area (Å²) in [5.41, 5.74) is 0.187. The maximum absolute atomic E-state index is 15.2. The van der Waals surface area contributed by atoms with Crippen LogP contribution in [0.5, 0.6) is 5.75 Å². The minimum absolute atomic E-state index is 0.0249. The summed E-state index contributed by atoms with van der Waals surface area (Å²) in [7, 11) is 0. The molecule has 0 bridgehead atoms. The third-order valence-electron chi connectivity index (χ3n) is 9.77. The van der Waals surface area contributed by atoms with Gasteiger partial charge >= 0.3 is 0 Å². The molecular formula is C34H44F4O2. The molecule has 0 atom stereocenters. The number of hydrogen-bond donors (Lipinski definition) is 0. The van der Waals surface area contributed by atoms with Crippen molar-refractivity contribution in [1.29, 1.82) is 0 Å². The lowest BCUT2D eigenvalue weighted by Gasteiger charge is -2.37. The molecule has 0 unspecified atom stereocenters. The Morgan fingerprint density at radius 3 is 1.90 bits per heavy atom. The summed E-state index contributed by atoms with van der Waals surface area (Å²) < 4.78 is 71.7. The van der Waals surface area contributed by atoms with E-state index in [0.29, 0.717) is 18.9 Å². The van der Waals surface area contributed by atoms with Gasteiger partial charge < -0.3 is 9.15 Å². The second-order valence-electron chi connectivity index (χ2n) is 12.5. The van der Waals surface area contributed by atoms with Crippen molar-refractivity contribution in [2.75, 3.05) is 6.61 Å². The topological polar surface area (TPSA) is 22.4 Å². The highest BCUT2D eigenvalue weighted by Gasteiger charge is 2.31. The standard InChI is InChI=1S/C34H44F4O2/c1-3-5-6-7-9-25-18-26-29(33(37)31(25)35)30-27(40-26)19-28(32(36)34(30)38)39-20-22-12-16-24(17-13-22)23-14-10-21(8-4-2)11-15-23/h18-19,21-24H,3-17,20H2,1-2H3. The average Bonchev–Trinajstić information content (AvgIpc) is 3.34. The number of hydrogen-bond acceptors (Lipinski definition) is 2. The first-order valence-corrected chi connectivity index (χ1v) is 15.7. The third kappa shape index (κ3) is 6.16. The van der Waals surface area contributed by atoms with Crippen molar-refractivity contribution < 1.29 is 26.7 Å². The average molecular weight is 561 g/mol. The summed E-state index contributed by atoms with van der Waals surface area (Å²) >= 11 is 0. The maximum atomic E-state index is 15.2. The summed E-state index contributed by atoms with van der Waals surface area (Å²) in [6, 6.07) is 2.71. The molecule has 6 heteroatoms. The van der Waals surface area contributed by atoms with E-state index < -0.39 is 23.3 Å². The molecule has 2 saturated carbocycles. The molecule has 2 aliphatic rings. The lowest BCUT2D eigenvalue weighted by atomic mass is 9.69. The number of furan rings is 1. The molecular weight excluding hydrogens is 516 g/mol. The van der Waals surface area contributed by atoms with E-state index in [1.54, 1.807) is 0 Å². The summed E-state index contributed by atoms with van der Waals surface area (Å²) in [5, 5.41) is -0.724. The summed E-state index contributed by atoms with van der Waals surface area (Å²) in [4.78, 5) is 0. The van der Waals surface area contributed by atoms with E-state index >= 15 is 13.2 Å². The number of halogens is 4. The smallest absolute Gasteiger partial charge is 0.201 e. The first kappa shape index (κ1) is 29.3. The third-order valence-corrected chi connectivity index (χ3v) is 9.77. The van der Waals surface area contributed by atoms with E-state index in [9.17, 15) is 4.39 Å². The zero-order chi connectivity index (χ0) is 28.2. The fourth-order valence-corrected chi connectivity index (χ4v) is 7.40. The van der Waals surface area contributed by atoms with Crippen molar-refractivity contribution >= 4 is 21.9 Å². The molecule has 0 amide bonds. The zero-order valence-corrected chi connectivity index (χ0v) is 24.1. The number of unbranched alkanes of at least 4 members (excludes halogenated alkanes) is 3. The van der Waals surface area contributed by atoms with Crippen molar-refractivity contribution in [3.63, 3.8) is 0 Å². The van der Waals surface area contributed by atoms with Crippen LogP contribution in [-0.2, 0) is 6.42 Å². The summed E-state index contributed by atoms with van der Waals surface area (Å²) in [6.45, 7) is 4.66. The Morgan fingerprint density at radius 2 is 1.27 bits per heavy atom. The molecule has 5 rings (SSSR count). The Bertz CT molecular complexity index is 1280. The highest BCUT2D eigenvalue weighted by molar-refractivity contribution is 6.06. The highest BCUT2D eigenvalue weighted by atomic mass is 19.2. The summed E-state index contributed by atoms with van der Waals surface area (Å²) in [5.74, 6) is -2.08.